The van der Waals surface area contributed by atoms with Gasteiger partial charge in [-0.05, 0) is 17.2 Å². The second-order valence-corrected chi connectivity index (χ2v) is 5.90. The first kappa shape index (κ1) is 15.8. The summed E-state index contributed by atoms with van der Waals surface area (Å²) in [5.74, 6) is -0.271. The third kappa shape index (κ3) is 3.13. The van der Waals surface area contributed by atoms with E-state index < -0.39 is 0 Å². The van der Waals surface area contributed by atoms with Crippen molar-refractivity contribution >= 4 is 23.0 Å². The van der Waals surface area contributed by atoms with Crippen LogP contribution in [0.1, 0.15) is 16.1 Å². The lowest BCUT2D eigenvalue weighted by Crippen LogP contribution is -2.18. The number of benzene rings is 3. The molecular formula is C22H17N3O. The molecule has 2 N–H and O–H groups in total. The molecule has 0 bridgehead atoms. The predicted molar refractivity (Wildman–Crippen MR) is 105 cm³/mol. The second-order valence-electron chi connectivity index (χ2n) is 5.90. The third-order valence-corrected chi connectivity index (χ3v) is 4.17. The molecule has 0 fully saturated rings. The van der Waals surface area contributed by atoms with Gasteiger partial charge < -0.3 is 4.98 Å². The molecular weight excluding hydrogens is 322 g/mol. The van der Waals surface area contributed by atoms with Crippen LogP contribution < -0.4 is 5.43 Å². The van der Waals surface area contributed by atoms with Crippen LogP contribution in [-0.2, 0) is 0 Å². The first-order valence-corrected chi connectivity index (χ1v) is 8.37. The molecule has 1 amide bonds. The van der Waals surface area contributed by atoms with Gasteiger partial charge in [0, 0.05) is 16.5 Å². The van der Waals surface area contributed by atoms with Crippen LogP contribution in [0.4, 0.5) is 0 Å². The molecule has 1 aromatic heterocycles. The Hall–Kier alpha value is -3.66. The van der Waals surface area contributed by atoms with Crippen LogP contribution in [0.2, 0.25) is 0 Å². The number of nitrogens with one attached hydrogen (secondary N) is 2. The molecule has 4 rings (SSSR count). The summed E-state index contributed by atoms with van der Waals surface area (Å²) < 4.78 is 0. The van der Waals surface area contributed by atoms with E-state index in [0.717, 1.165) is 27.6 Å². The van der Waals surface area contributed by atoms with Crippen molar-refractivity contribution < 1.29 is 4.79 Å². The maximum atomic E-state index is 12.7. The molecule has 0 aliphatic carbocycles. The second kappa shape index (κ2) is 7.07. The van der Waals surface area contributed by atoms with Gasteiger partial charge in [0.1, 0.15) is 5.69 Å². The van der Waals surface area contributed by atoms with Crippen LogP contribution in [0.3, 0.4) is 0 Å². The van der Waals surface area contributed by atoms with Gasteiger partial charge in [0.2, 0.25) is 0 Å². The highest BCUT2D eigenvalue weighted by Crippen LogP contribution is 2.32. The lowest BCUT2D eigenvalue weighted by Gasteiger charge is -2.04. The zero-order valence-electron chi connectivity index (χ0n) is 14.0. The van der Waals surface area contributed by atoms with Crippen molar-refractivity contribution in [3.8, 4) is 11.1 Å². The fourth-order valence-corrected chi connectivity index (χ4v) is 2.98. The van der Waals surface area contributed by atoms with E-state index in [1.807, 2.05) is 84.9 Å². The molecule has 4 nitrogen and oxygen atoms in total. The molecule has 0 atom stereocenters. The van der Waals surface area contributed by atoms with Crippen molar-refractivity contribution in [3.05, 3.63) is 96.2 Å². The summed E-state index contributed by atoms with van der Waals surface area (Å²) in [5, 5.41) is 5.09. The highest BCUT2D eigenvalue weighted by Gasteiger charge is 2.18. The smallest absolute Gasteiger partial charge is 0.288 e. The van der Waals surface area contributed by atoms with E-state index in [9.17, 15) is 4.79 Å². The molecule has 4 heteroatoms. The normalized spacial score (nSPS) is 11.1. The number of hydrogen-bond donors (Lipinski definition) is 2. The molecule has 26 heavy (non-hydrogen) atoms. The standard InChI is InChI=1S/C22H17N3O/c26-22(25-23-15-16-9-3-1-4-10-16)21-20(17-11-5-2-6-12-17)18-13-7-8-14-19(18)24-21/h1-15,24H,(H,25,26)/b23-15-. The lowest BCUT2D eigenvalue weighted by molar-refractivity contribution is 0.0951. The van der Waals surface area contributed by atoms with Crippen molar-refractivity contribution in [2.75, 3.05) is 0 Å². The molecule has 0 aliphatic heterocycles. The molecule has 0 unspecified atom stereocenters. The summed E-state index contributed by atoms with van der Waals surface area (Å²) in [4.78, 5) is 16.0. The highest BCUT2D eigenvalue weighted by molar-refractivity contribution is 6.09. The van der Waals surface area contributed by atoms with Crippen molar-refractivity contribution in [3.63, 3.8) is 0 Å². The third-order valence-electron chi connectivity index (χ3n) is 4.17. The molecule has 0 aliphatic rings. The number of H-pyrrole nitrogens is 1. The number of carbonyl (C=O) groups is 1. The number of fused-ring (bicyclic) bond motifs is 1. The number of rotatable bonds is 4. The van der Waals surface area contributed by atoms with E-state index >= 15 is 0 Å². The van der Waals surface area contributed by atoms with Gasteiger partial charge in [-0.15, -0.1) is 0 Å². The van der Waals surface area contributed by atoms with Gasteiger partial charge in [-0.1, -0.05) is 78.9 Å². The number of aromatic amines is 1. The van der Waals surface area contributed by atoms with Crippen molar-refractivity contribution in [2.45, 2.75) is 0 Å². The Morgan fingerprint density at radius 1 is 0.846 bits per heavy atom. The van der Waals surface area contributed by atoms with E-state index in [-0.39, 0.29) is 5.91 Å². The Labute approximate surface area is 151 Å². The van der Waals surface area contributed by atoms with Crippen LogP contribution in [-0.4, -0.2) is 17.1 Å². The molecule has 0 spiro atoms. The number of hydrogen-bond acceptors (Lipinski definition) is 2. The zero-order valence-corrected chi connectivity index (χ0v) is 14.0. The summed E-state index contributed by atoms with van der Waals surface area (Å²) in [6, 6.07) is 27.4. The Morgan fingerprint density at radius 3 is 2.27 bits per heavy atom. The molecule has 4 aromatic rings. The first-order valence-electron chi connectivity index (χ1n) is 8.37. The van der Waals surface area contributed by atoms with Crippen LogP contribution in [0.25, 0.3) is 22.0 Å². The molecule has 0 saturated carbocycles. The Bertz CT molecular complexity index is 1070. The van der Waals surface area contributed by atoms with Crippen LogP contribution >= 0.6 is 0 Å². The number of hydrazone groups is 1. The molecule has 1 heterocycles. The van der Waals surface area contributed by atoms with E-state index in [0.29, 0.717) is 5.69 Å². The highest BCUT2D eigenvalue weighted by atomic mass is 16.2. The van der Waals surface area contributed by atoms with Crippen molar-refractivity contribution in [2.24, 2.45) is 5.10 Å². The van der Waals surface area contributed by atoms with E-state index in [1.54, 1.807) is 6.21 Å². The van der Waals surface area contributed by atoms with Crippen LogP contribution in [0, 0.1) is 0 Å². The Balaban J connectivity index is 1.69. The number of aromatic nitrogens is 1. The average molecular weight is 339 g/mol. The summed E-state index contributed by atoms with van der Waals surface area (Å²) in [6.45, 7) is 0. The maximum absolute atomic E-state index is 12.7. The number of nitrogens with zero attached hydrogens (tertiary/aromatic N) is 1. The van der Waals surface area contributed by atoms with Gasteiger partial charge in [0.25, 0.3) is 5.91 Å². The monoisotopic (exact) mass is 339 g/mol. The quantitative estimate of drug-likeness (QED) is 0.414. The summed E-state index contributed by atoms with van der Waals surface area (Å²) in [7, 11) is 0. The average Bonchev–Trinajstić information content (AvgIpc) is 3.09. The van der Waals surface area contributed by atoms with Gasteiger partial charge in [-0.2, -0.15) is 5.10 Å². The first-order chi connectivity index (χ1) is 12.8. The summed E-state index contributed by atoms with van der Waals surface area (Å²) >= 11 is 0. The zero-order chi connectivity index (χ0) is 17.8. The number of para-hydroxylation sites is 1. The van der Waals surface area contributed by atoms with E-state index in [2.05, 4.69) is 15.5 Å². The van der Waals surface area contributed by atoms with Gasteiger partial charge in [0.05, 0.1) is 6.21 Å². The van der Waals surface area contributed by atoms with Crippen LogP contribution in [0.5, 0.6) is 0 Å². The maximum Gasteiger partial charge on any atom is 0.288 e. The van der Waals surface area contributed by atoms with E-state index in [1.165, 1.54) is 0 Å². The minimum Gasteiger partial charge on any atom is -0.350 e. The predicted octanol–water partition coefficient (Wildman–Crippen LogP) is 4.60. The number of amides is 1. The molecule has 126 valence electrons. The fourth-order valence-electron chi connectivity index (χ4n) is 2.98. The van der Waals surface area contributed by atoms with Gasteiger partial charge in [-0.25, -0.2) is 5.43 Å². The van der Waals surface area contributed by atoms with Crippen LogP contribution in [0.15, 0.2) is 90.0 Å². The summed E-state index contributed by atoms with van der Waals surface area (Å²) in [5.41, 5.74) is 6.84. The lowest BCUT2D eigenvalue weighted by atomic mass is 10.0. The summed E-state index contributed by atoms with van der Waals surface area (Å²) in [6.07, 6.45) is 1.63. The van der Waals surface area contributed by atoms with Crippen molar-refractivity contribution in [1.82, 2.24) is 10.4 Å². The van der Waals surface area contributed by atoms with Crippen molar-refractivity contribution in [1.29, 1.82) is 0 Å². The fraction of sp³-hybridized carbons (Fsp3) is 0. The molecule has 3 aromatic carbocycles. The van der Waals surface area contributed by atoms with Gasteiger partial charge in [-0.3, -0.25) is 4.79 Å². The topological polar surface area (TPSA) is 57.2 Å². The molecule has 0 saturated heterocycles. The Morgan fingerprint density at radius 2 is 1.50 bits per heavy atom. The number of carbonyl (C=O) groups excluding carboxylic acids is 1. The molecule has 0 radical (unpaired) electrons. The van der Waals surface area contributed by atoms with Gasteiger partial charge >= 0.3 is 0 Å². The minimum atomic E-state index is -0.271. The minimum absolute atomic E-state index is 0.271. The SMILES string of the molecule is O=C(N/N=C\c1ccccc1)c1[nH]c2ccccc2c1-c1ccccc1. The van der Waals surface area contributed by atoms with E-state index in [4.69, 9.17) is 0 Å². The largest absolute Gasteiger partial charge is 0.350 e. The van der Waals surface area contributed by atoms with Gasteiger partial charge in [0.15, 0.2) is 0 Å². The Kier molecular flexibility index (Phi) is 4.31.